The van der Waals surface area contributed by atoms with Gasteiger partial charge in [0.15, 0.2) is 0 Å². The minimum absolute atomic E-state index is 0.404. The Balaban J connectivity index is 2.20. The van der Waals surface area contributed by atoms with Crippen LogP contribution in [0.1, 0.15) is 6.92 Å². The summed E-state index contributed by atoms with van der Waals surface area (Å²) >= 11 is 1.11. The number of fused-ring (bicyclic) bond motifs is 1. The highest BCUT2D eigenvalue weighted by Gasteiger charge is 2.07. The predicted octanol–water partition coefficient (Wildman–Crippen LogP) is 1.82. The van der Waals surface area contributed by atoms with Gasteiger partial charge in [-0.15, -0.1) is 0 Å². The molecular formula is C9H9N5OS. The highest BCUT2D eigenvalue weighted by atomic mass is 32.1. The van der Waals surface area contributed by atoms with Gasteiger partial charge in [0.05, 0.1) is 17.4 Å². The maximum atomic E-state index is 11.4. The van der Waals surface area contributed by atoms with E-state index in [1.165, 1.54) is 6.21 Å². The van der Waals surface area contributed by atoms with Crippen molar-refractivity contribution in [1.82, 2.24) is 14.2 Å². The lowest BCUT2D eigenvalue weighted by Crippen LogP contribution is -2.24. The number of hydrogen-bond acceptors (Lipinski definition) is 5. The molecule has 0 bridgehead atoms. The summed E-state index contributed by atoms with van der Waals surface area (Å²) in [6.07, 6.45) is 1.49. The first kappa shape index (κ1) is 10.5. The van der Waals surface area contributed by atoms with E-state index in [0.717, 1.165) is 17.2 Å². The average molecular weight is 235 g/mol. The summed E-state index contributed by atoms with van der Waals surface area (Å²) in [5.41, 5.74) is 4.38. The van der Waals surface area contributed by atoms with Gasteiger partial charge in [0, 0.05) is 6.21 Å². The zero-order chi connectivity index (χ0) is 11.4. The minimum Gasteiger partial charge on any atom is -0.304 e. The van der Waals surface area contributed by atoms with E-state index in [2.05, 4.69) is 24.6 Å². The zero-order valence-corrected chi connectivity index (χ0v) is 9.28. The van der Waals surface area contributed by atoms with Gasteiger partial charge in [-0.25, -0.2) is 10.2 Å². The molecule has 2 amide bonds. The van der Waals surface area contributed by atoms with Gasteiger partial charge in [0.1, 0.15) is 11.0 Å². The molecule has 0 fully saturated rings. The minimum atomic E-state index is -0.404. The van der Waals surface area contributed by atoms with Crippen LogP contribution in [0, 0.1) is 0 Å². The normalized spacial score (nSPS) is 10.8. The number of anilines is 1. The highest BCUT2D eigenvalue weighted by Crippen LogP contribution is 2.20. The molecule has 16 heavy (non-hydrogen) atoms. The molecule has 0 unspecified atom stereocenters. The second-order valence-electron chi connectivity index (χ2n) is 2.89. The summed E-state index contributed by atoms with van der Waals surface area (Å²) in [6, 6.07) is 5.01. The third-order valence-corrected chi connectivity index (χ3v) is 2.37. The number of hydrogen-bond donors (Lipinski definition) is 2. The van der Waals surface area contributed by atoms with E-state index >= 15 is 0 Å². The number of benzene rings is 1. The van der Waals surface area contributed by atoms with Crippen molar-refractivity contribution in [1.29, 1.82) is 0 Å². The fraction of sp³-hybridized carbons (Fsp3) is 0.111. The molecule has 1 aromatic heterocycles. The number of amides is 2. The van der Waals surface area contributed by atoms with Crippen LogP contribution in [0.25, 0.3) is 11.0 Å². The Labute approximate surface area is 95.7 Å². The summed E-state index contributed by atoms with van der Waals surface area (Å²) < 4.78 is 8.18. The Hall–Kier alpha value is -2.02. The average Bonchev–Trinajstić information content (AvgIpc) is 2.75. The number of carbonyl (C=O) groups is 1. The number of carbonyl (C=O) groups excluding carboxylic acids is 1. The van der Waals surface area contributed by atoms with Crippen molar-refractivity contribution in [3.05, 3.63) is 18.2 Å². The van der Waals surface area contributed by atoms with E-state index in [0.29, 0.717) is 11.2 Å². The van der Waals surface area contributed by atoms with Crippen molar-refractivity contribution in [3.8, 4) is 0 Å². The van der Waals surface area contributed by atoms with Crippen LogP contribution >= 0.6 is 11.7 Å². The Kier molecular flexibility index (Phi) is 3.06. The van der Waals surface area contributed by atoms with E-state index in [4.69, 9.17) is 0 Å². The quantitative estimate of drug-likeness (QED) is 0.615. The molecule has 0 saturated carbocycles. The molecule has 2 rings (SSSR count). The van der Waals surface area contributed by atoms with Crippen molar-refractivity contribution in [2.24, 2.45) is 5.10 Å². The molecule has 82 valence electrons. The largest absolute Gasteiger partial charge is 0.339 e. The van der Waals surface area contributed by atoms with Gasteiger partial charge in [-0.3, -0.25) is 0 Å². The van der Waals surface area contributed by atoms with Crippen LogP contribution < -0.4 is 10.7 Å². The first-order valence-electron chi connectivity index (χ1n) is 4.57. The lowest BCUT2D eigenvalue weighted by atomic mass is 10.2. The lowest BCUT2D eigenvalue weighted by molar-refractivity contribution is 0.252. The van der Waals surface area contributed by atoms with Gasteiger partial charge in [0.25, 0.3) is 0 Å². The lowest BCUT2D eigenvalue weighted by Gasteiger charge is -2.03. The topological polar surface area (TPSA) is 79.3 Å². The van der Waals surface area contributed by atoms with Gasteiger partial charge in [0.2, 0.25) is 0 Å². The summed E-state index contributed by atoms with van der Waals surface area (Å²) in [5, 5.41) is 6.26. The van der Waals surface area contributed by atoms with E-state index in [9.17, 15) is 4.79 Å². The molecule has 1 aromatic carbocycles. The van der Waals surface area contributed by atoms with Gasteiger partial charge >= 0.3 is 6.03 Å². The molecular weight excluding hydrogens is 226 g/mol. The molecule has 6 nitrogen and oxygen atoms in total. The predicted molar refractivity (Wildman–Crippen MR) is 63.7 cm³/mol. The van der Waals surface area contributed by atoms with E-state index in [1.807, 2.05) is 12.1 Å². The monoisotopic (exact) mass is 235 g/mol. The molecule has 2 N–H and O–H groups in total. The third-order valence-electron chi connectivity index (χ3n) is 1.83. The first-order chi connectivity index (χ1) is 7.81. The van der Waals surface area contributed by atoms with E-state index in [-0.39, 0.29) is 0 Å². The number of aromatic nitrogens is 2. The maximum absolute atomic E-state index is 11.4. The molecule has 0 aliphatic rings. The zero-order valence-electron chi connectivity index (χ0n) is 8.47. The van der Waals surface area contributed by atoms with Gasteiger partial charge in [-0.05, 0) is 19.1 Å². The SMILES string of the molecule is C/C=N/NC(=O)Nc1cccc2nsnc12. The fourth-order valence-electron chi connectivity index (χ4n) is 1.18. The molecule has 0 saturated heterocycles. The van der Waals surface area contributed by atoms with Crippen LogP contribution in [0.2, 0.25) is 0 Å². The Bertz CT molecular complexity index is 535. The van der Waals surface area contributed by atoms with Gasteiger partial charge in [-0.2, -0.15) is 13.8 Å². The van der Waals surface area contributed by atoms with Crippen LogP contribution in [0.4, 0.5) is 10.5 Å². The summed E-state index contributed by atoms with van der Waals surface area (Å²) in [6.45, 7) is 1.71. The smallest absolute Gasteiger partial charge is 0.304 e. The van der Waals surface area contributed by atoms with Crippen LogP contribution in [-0.2, 0) is 0 Å². The second kappa shape index (κ2) is 4.67. The van der Waals surface area contributed by atoms with Gasteiger partial charge in [-0.1, -0.05) is 6.07 Å². The summed E-state index contributed by atoms with van der Waals surface area (Å²) in [4.78, 5) is 11.4. The van der Waals surface area contributed by atoms with Crippen molar-refractivity contribution in [2.75, 3.05) is 5.32 Å². The molecule has 0 aliphatic heterocycles. The Morgan fingerprint density at radius 3 is 3.19 bits per heavy atom. The standard InChI is InChI=1S/C9H9N5OS/c1-2-10-12-9(15)11-6-4-3-5-7-8(6)14-16-13-7/h2-5H,1H3,(H2,11,12,15)/b10-2+. The molecule has 0 atom stereocenters. The van der Waals surface area contributed by atoms with Crippen LogP contribution in [0.3, 0.4) is 0 Å². The van der Waals surface area contributed by atoms with Gasteiger partial charge < -0.3 is 5.32 Å². The van der Waals surface area contributed by atoms with Crippen molar-refractivity contribution in [2.45, 2.75) is 6.92 Å². The van der Waals surface area contributed by atoms with Crippen LogP contribution in [-0.4, -0.2) is 21.0 Å². The van der Waals surface area contributed by atoms with Crippen molar-refractivity contribution in [3.63, 3.8) is 0 Å². The number of hydrazone groups is 1. The van der Waals surface area contributed by atoms with Crippen LogP contribution in [0.5, 0.6) is 0 Å². The van der Waals surface area contributed by atoms with E-state index < -0.39 is 6.03 Å². The highest BCUT2D eigenvalue weighted by molar-refractivity contribution is 7.00. The molecule has 7 heteroatoms. The Morgan fingerprint density at radius 1 is 1.50 bits per heavy atom. The van der Waals surface area contributed by atoms with Crippen molar-refractivity contribution < 1.29 is 4.79 Å². The number of nitrogens with zero attached hydrogens (tertiary/aromatic N) is 3. The summed E-state index contributed by atoms with van der Waals surface area (Å²) in [5.74, 6) is 0. The second-order valence-corrected chi connectivity index (χ2v) is 3.42. The first-order valence-corrected chi connectivity index (χ1v) is 5.30. The molecule has 0 aliphatic carbocycles. The molecule has 0 radical (unpaired) electrons. The number of nitrogens with one attached hydrogen (secondary N) is 2. The number of rotatable bonds is 2. The van der Waals surface area contributed by atoms with E-state index in [1.54, 1.807) is 13.0 Å². The maximum Gasteiger partial charge on any atom is 0.339 e. The summed E-state index contributed by atoms with van der Waals surface area (Å²) in [7, 11) is 0. The van der Waals surface area contributed by atoms with Crippen LogP contribution in [0.15, 0.2) is 23.3 Å². The fourth-order valence-corrected chi connectivity index (χ4v) is 1.73. The molecule has 2 aromatic rings. The third kappa shape index (κ3) is 2.14. The Morgan fingerprint density at radius 2 is 2.38 bits per heavy atom. The molecule has 1 heterocycles. The van der Waals surface area contributed by atoms with Crippen molar-refractivity contribution >= 4 is 40.7 Å². The molecule has 0 spiro atoms. The number of urea groups is 1.